The first-order valence-corrected chi connectivity index (χ1v) is 7.27. The molecule has 0 heterocycles. The van der Waals surface area contributed by atoms with E-state index in [0.29, 0.717) is 12.0 Å². The van der Waals surface area contributed by atoms with E-state index in [1.807, 2.05) is 20.8 Å². The lowest BCUT2D eigenvalue weighted by atomic mass is 9.91. The Labute approximate surface area is 118 Å². The molecule has 0 unspecified atom stereocenters. The molecule has 0 aromatic rings. The smallest absolute Gasteiger partial charge is 0.298 e. The Morgan fingerprint density at radius 3 is 1.47 bits per heavy atom. The van der Waals surface area contributed by atoms with Gasteiger partial charge in [-0.1, -0.05) is 54.9 Å². The molecule has 0 aliphatic heterocycles. The Morgan fingerprint density at radius 2 is 1.32 bits per heavy atom. The van der Waals surface area contributed by atoms with Crippen LogP contribution in [-0.2, 0) is 0 Å². The summed E-state index contributed by atoms with van der Waals surface area (Å²) in [5.41, 5.74) is 0.550. The molecule has 0 fully saturated rings. The van der Waals surface area contributed by atoms with Crippen LogP contribution in [0.25, 0.3) is 0 Å². The SMILES string of the molecule is CC.CCCC(C)(C)C.CCCN(C)CC(F)(F)F. The van der Waals surface area contributed by atoms with Crippen LogP contribution < -0.4 is 0 Å². The maximum Gasteiger partial charge on any atom is 0.401 e. The molecular weight excluding hydrogens is 251 g/mol. The molecule has 4 heteroatoms. The molecular formula is C15H34F3N. The predicted octanol–water partition coefficient (Wildman–Crippen LogP) is 5.75. The lowest BCUT2D eigenvalue weighted by Crippen LogP contribution is -2.31. The maximum absolute atomic E-state index is 11.6. The molecule has 0 rings (SSSR count). The Kier molecular flexibility index (Phi) is 16.0. The number of hydrogen-bond donors (Lipinski definition) is 0. The number of nitrogens with zero attached hydrogens (tertiary/aromatic N) is 1. The van der Waals surface area contributed by atoms with E-state index >= 15 is 0 Å². The lowest BCUT2D eigenvalue weighted by Gasteiger charge is -2.16. The molecule has 0 aromatic heterocycles. The Bertz CT molecular complexity index is 171. The van der Waals surface area contributed by atoms with Gasteiger partial charge in [-0.25, -0.2) is 0 Å². The van der Waals surface area contributed by atoms with Gasteiger partial charge in [0.25, 0.3) is 0 Å². The van der Waals surface area contributed by atoms with E-state index in [0.717, 1.165) is 6.42 Å². The van der Waals surface area contributed by atoms with Crippen molar-refractivity contribution in [1.29, 1.82) is 0 Å². The number of halogens is 3. The molecule has 0 aliphatic rings. The average molecular weight is 285 g/mol. The minimum absolute atomic E-state index is 0.500. The van der Waals surface area contributed by atoms with Gasteiger partial charge in [0.15, 0.2) is 0 Å². The molecule has 19 heavy (non-hydrogen) atoms. The topological polar surface area (TPSA) is 3.24 Å². The summed E-state index contributed by atoms with van der Waals surface area (Å²) in [5, 5.41) is 0. The molecule has 0 radical (unpaired) electrons. The normalized spacial score (nSPS) is 11.4. The van der Waals surface area contributed by atoms with Crippen LogP contribution in [0.2, 0.25) is 0 Å². The largest absolute Gasteiger partial charge is 0.401 e. The number of alkyl halides is 3. The van der Waals surface area contributed by atoms with Crippen molar-refractivity contribution < 1.29 is 13.2 Å². The van der Waals surface area contributed by atoms with E-state index in [1.165, 1.54) is 24.8 Å². The van der Waals surface area contributed by atoms with Crippen molar-refractivity contribution in [3.05, 3.63) is 0 Å². The standard InChI is InChI=1S/C7H16.C6H12F3N.C2H6/c1-5-6-7(2,3)4;1-3-4-10(2)5-6(7,8)9;1-2/h5-6H2,1-4H3;3-5H2,1-2H3;1-2H3. The lowest BCUT2D eigenvalue weighted by molar-refractivity contribution is -0.142. The second kappa shape index (κ2) is 12.8. The first-order chi connectivity index (χ1) is 8.52. The average Bonchev–Trinajstić information content (AvgIpc) is 2.17. The van der Waals surface area contributed by atoms with Gasteiger partial charge in [-0.15, -0.1) is 0 Å². The molecule has 120 valence electrons. The van der Waals surface area contributed by atoms with Crippen LogP contribution in [0.1, 0.15) is 67.7 Å². The molecule has 0 amide bonds. The Hall–Kier alpha value is -0.250. The van der Waals surface area contributed by atoms with Crippen molar-refractivity contribution in [1.82, 2.24) is 4.90 Å². The fourth-order valence-electron chi connectivity index (χ4n) is 1.52. The van der Waals surface area contributed by atoms with Crippen molar-refractivity contribution in [3.8, 4) is 0 Å². The van der Waals surface area contributed by atoms with Crippen LogP contribution in [0.4, 0.5) is 13.2 Å². The number of hydrogen-bond acceptors (Lipinski definition) is 1. The maximum atomic E-state index is 11.6. The highest BCUT2D eigenvalue weighted by Gasteiger charge is 2.28. The summed E-state index contributed by atoms with van der Waals surface area (Å²) in [4.78, 5) is 1.26. The van der Waals surface area contributed by atoms with Crippen LogP contribution in [0.3, 0.4) is 0 Å². The van der Waals surface area contributed by atoms with Gasteiger partial charge in [0.2, 0.25) is 0 Å². The molecule has 0 aromatic carbocycles. The molecule has 0 aliphatic carbocycles. The molecule has 1 nitrogen and oxygen atoms in total. The summed E-state index contributed by atoms with van der Waals surface area (Å²) in [6, 6.07) is 0. The van der Waals surface area contributed by atoms with E-state index < -0.39 is 12.7 Å². The fourth-order valence-corrected chi connectivity index (χ4v) is 1.52. The summed E-state index contributed by atoms with van der Waals surface area (Å²) in [6.45, 7) is 14.6. The zero-order chi connectivity index (χ0) is 16.1. The third-order valence-corrected chi connectivity index (χ3v) is 2.05. The highest BCUT2D eigenvalue weighted by Crippen LogP contribution is 2.19. The Morgan fingerprint density at radius 1 is 0.895 bits per heavy atom. The summed E-state index contributed by atoms with van der Waals surface area (Å²) < 4.78 is 34.8. The molecule has 0 bridgehead atoms. The van der Waals surface area contributed by atoms with Crippen LogP contribution in [0, 0.1) is 5.41 Å². The minimum Gasteiger partial charge on any atom is -0.298 e. The van der Waals surface area contributed by atoms with Gasteiger partial charge in [0.1, 0.15) is 0 Å². The third-order valence-electron chi connectivity index (χ3n) is 2.05. The van der Waals surface area contributed by atoms with Crippen molar-refractivity contribution >= 4 is 0 Å². The van der Waals surface area contributed by atoms with Crippen LogP contribution >= 0.6 is 0 Å². The van der Waals surface area contributed by atoms with Crippen LogP contribution in [0.5, 0.6) is 0 Å². The van der Waals surface area contributed by atoms with E-state index in [4.69, 9.17) is 0 Å². The van der Waals surface area contributed by atoms with Crippen molar-refractivity contribution in [2.75, 3.05) is 20.1 Å². The minimum atomic E-state index is -4.05. The first-order valence-electron chi connectivity index (χ1n) is 7.27. The summed E-state index contributed by atoms with van der Waals surface area (Å²) in [5.74, 6) is 0. The second-order valence-corrected chi connectivity index (χ2v) is 5.66. The van der Waals surface area contributed by atoms with Gasteiger partial charge in [-0.2, -0.15) is 13.2 Å². The van der Waals surface area contributed by atoms with Gasteiger partial charge in [0.05, 0.1) is 6.54 Å². The third kappa shape index (κ3) is 31.9. The fraction of sp³-hybridized carbons (Fsp3) is 1.00. The van der Waals surface area contributed by atoms with Crippen molar-refractivity contribution in [2.24, 2.45) is 5.41 Å². The van der Waals surface area contributed by atoms with Gasteiger partial charge in [-0.3, -0.25) is 4.90 Å². The molecule has 0 saturated carbocycles. The van der Waals surface area contributed by atoms with Crippen molar-refractivity contribution in [2.45, 2.75) is 73.9 Å². The molecule has 0 spiro atoms. The van der Waals surface area contributed by atoms with E-state index in [2.05, 4.69) is 27.7 Å². The van der Waals surface area contributed by atoms with E-state index in [-0.39, 0.29) is 0 Å². The quantitative estimate of drug-likeness (QED) is 0.635. The summed E-state index contributed by atoms with van der Waals surface area (Å²) >= 11 is 0. The highest BCUT2D eigenvalue weighted by atomic mass is 19.4. The zero-order valence-corrected chi connectivity index (χ0v) is 14.1. The molecule has 0 saturated heterocycles. The van der Waals surface area contributed by atoms with Crippen molar-refractivity contribution in [3.63, 3.8) is 0 Å². The van der Waals surface area contributed by atoms with Gasteiger partial charge in [-0.05, 0) is 31.8 Å². The second-order valence-electron chi connectivity index (χ2n) is 5.66. The zero-order valence-electron chi connectivity index (χ0n) is 14.1. The first kappa shape index (κ1) is 23.8. The van der Waals surface area contributed by atoms with E-state index in [9.17, 15) is 13.2 Å². The van der Waals surface area contributed by atoms with E-state index in [1.54, 1.807) is 0 Å². The Balaban J connectivity index is -0.000000249. The highest BCUT2D eigenvalue weighted by molar-refractivity contribution is 4.58. The van der Waals surface area contributed by atoms with Gasteiger partial charge >= 0.3 is 6.18 Å². The van der Waals surface area contributed by atoms with Crippen LogP contribution in [-0.4, -0.2) is 31.2 Å². The molecule has 0 N–H and O–H groups in total. The monoisotopic (exact) mass is 285 g/mol. The van der Waals surface area contributed by atoms with Crippen LogP contribution in [0.15, 0.2) is 0 Å². The number of rotatable bonds is 4. The predicted molar refractivity (Wildman–Crippen MR) is 79.6 cm³/mol. The summed E-state index contributed by atoms with van der Waals surface area (Å²) in [7, 11) is 1.47. The molecule has 0 atom stereocenters. The van der Waals surface area contributed by atoms with Gasteiger partial charge < -0.3 is 0 Å². The van der Waals surface area contributed by atoms with Gasteiger partial charge in [0, 0.05) is 0 Å². The summed E-state index contributed by atoms with van der Waals surface area (Å²) in [6.07, 6.45) is -0.646.